The van der Waals surface area contributed by atoms with E-state index in [0.29, 0.717) is 18.5 Å². The fraction of sp³-hybridized carbons (Fsp3) is 0.364. The maximum atomic E-state index is 12.0. The van der Waals surface area contributed by atoms with Crippen molar-refractivity contribution in [3.63, 3.8) is 0 Å². The number of carboxylic acid groups (broad SMARTS) is 1. The maximum Gasteiger partial charge on any atom is 0.357 e. The molecule has 0 aliphatic carbocycles. The number of rotatable bonds is 10. The Hall–Kier alpha value is -1.93. The fourth-order valence-electron chi connectivity index (χ4n) is 3.01. The number of benzene rings is 2. The molecule has 1 atom stereocenters. The summed E-state index contributed by atoms with van der Waals surface area (Å²) in [5, 5.41) is 11.3. The zero-order valence-electron chi connectivity index (χ0n) is 16.2. The average molecular weight is 495 g/mol. The normalized spacial score (nSPS) is 13.1. The second kappa shape index (κ2) is 10.6. The first-order valence-electron chi connectivity index (χ1n) is 9.31. The largest absolute Gasteiger partial charge is 0.481 e. The van der Waals surface area contributed by atoms with Crippen molar-refractivity contribution >= 4 is 34.5 Å². The predicted molar refractivity (Wildman–Crippen MR) is 117 cm³/mol. The Morgan fingerprint density at radius 2 is 1.79 bits per heavy atom. The lowest BCUT2D eigenvalue weighted by Gasteiger charge is -2.26. The van der Waals surface area contributed by atoms with E-state index in [1.807, 2.05) is 30.3 Å². The molecule has 0 bridgehead atoms. The van der Waals surface area contributed by atoms with Gasteiger partial charge in [0.15, 0.2) is 0 Å². The third kappa shape index (κ3) is 6.31. The molecule has 0 spiro atoms. The van der Waals surface area contributed by atoms with E-state index in [2.05, 4.69) is 22.6 Å². The first-order valence-corrected chi connectivity index (χ1v) is 10.4. The monoisotopic (exact) mass is 495 g/mol. The Kier molecular flexibility index (Phi) is 8.44. The number of hydrogen-bond donors (Lipinski definition) is 1. The van der Waals surface area contributed by atoms with Crippen LogP contribution < -0.4 is 0 Å². The molecule has 0 aliphatic rings. The number of carbonyl (C=O) groups excluding carboxylic acids is 1. The van der Waals surface area contributed by atoms with Crippen molar-refractivity contribution in [2.75, 3.05) is 13.6 Å². The summed E-state index contributed by atoms with van der Waals surface area (Å²) in [5.41, 5.74) is 0.456. The quantitative estimate of drug-likeness (QED) is 0.289. The Morgan fingerprint density at radius 3 is 2.43 bits per heavy atom. The van der Waals surface area contributed by atoms with E-state index in [9.17, 15) is 14.7 Å². The molecule has 2 aromatic rings. The van der Waals surface area contributed by atoms with E-state index in [1.54, 1.807) is 38.2 Å². The fourth-order valence-corrected chi connectivity index (χ4v) is 3.55. The first kappa shape index (κ1) is 22.4. The van der Waals surface area contributed by atoms with Gasteiger partial charge in [0.25, 0.3) is 0 Å². The van der Waals surface area contributed by atoms with Crippen LogP contribution in [0.1, 0.15) is 48.5 Å². The summed E-state index contributed by atoms with van der Waals surface area (Å²) in [6, 6.07) is 16.5. The molecule has 0 fully saturated rings. The first-order chi connectivity index (χ1) is 13.3. The molecule has 0 aromatic heterocycles. The molecular formula is C22H26INO4. The van der Waals surface area contributed by atoms with Crippen molar-refractivity contribution < 1.29 is 19.5 Å². The molecule has 0 heterocycles. The van der Waals surface area contributed by atoms with Crippen molar-refractivity contribution in [2.24, 2.45) is 0 Å². The molecule has 2 rings (SSSR count). The van der Waals surface area contributed by atoms with Crippen molar-refractivity contribution in [1.29, 1.82) is 0 Å². The second-order valence-corrected chi connectivity index (χ2v) is 8.30. The second-order valence-electron chi connectivity index (χ2n) is 7.05. The lowest BCUT2D eigenvalue weighted by molar-refractivity contribution is -0.143. The van der Waals surface area contributed by atoms with Gasteiger partial charge in [0.2, 0.25) is 0 Å². The van der Waals surface area contributed by atoms with Crippen LogP contribution in [0.5, 0.6) is 0 Å². The summed E-state index contributed by atoms with van der Waals surface area (Å²) in [6.45, 7) is 2.39. The Bertz CT molecular complexity index is 796. The third-order valence-corrected chi connectivity index (χ3v) is 5.50. The van der Waals surface area contributed by atoms with Crippen molar-refractivity contribution in [2.45, 2.75) is 38.0 Å². The predicted octanol–water partition coefficient (Wildman–Crippen LogP) is 4.90. The molecule has 6 heteroatoms. The Labute approximate surface area is 179 Å². The van der Waals surface area contributed by atoms with E-state index in [1.165, 1.54) is 5.06 Å². The van der Waals surface area contributed by atoms with E-state index >= 15 is 0 Å². The van der Waals surface area contributed by atoms with Crippen LogP contribution in [0.3, 0.4) is 0 Å². The van der Waals surface area contributed by atoms with Crippen LogP contribution in [0, 0.1) is 3.57 Å². The highest BCUT2D eigenvalue weighted by molar-refractivity contribution is 14.1. The smallest absolute Gasteiger partial charge is 0.357 e. The van der Waals surface area contributed by atoms with E-state index < -0.39 is 11.4 Å². The van der Waals surface area contributed by atoms with Crippen LogP contribution in [0.2, 0.25) is 0 Å². The minimum atomic E-state index is -0.896. The molecule has 0 radical (unpaired) electrons. The highest BCUT2D eigenvalue weighted by Crippen LogP contribution is 2.31. The number of hydrogen-bond acceptors (Lipinski definition) is 4. The molecule has 28 heavy (non-hydrogen) atoms. The molecular weight excluding hydrogens is 469 g/mol. The zero-order chi connectivity index (χ0) is 20.6. The summed E-state index contributed by atoms with van der Waals surface area (Å²) in [7, 11) is 1.73. The van der Waals surface area contributed by atoms with Gasteiger partial charge >= 0.3 is 11.9 Å². The number of carbonyl (C=O) groups is 2. The topological polar surface area (TPSA) is 66.8 Å². The van der Waals surface area contributed by atoms with E-state index in [0.717, 1.165) is 28.4 Å². The highest BCUT2D eigenvalue weighted by atomic mass is 127. The van der Waals surface area contributed by atoms with Crippen LogP contribution in [-0.2, 0) is 15.0 Å². The van der Waals surface area contributed by atoms with Crippen molar-refractivity contribution in [3.8, 4) is 0 Å². The summed E-state index contributed by atoms with van der Waals surface area (Å²) in [6.07, 6.45) is 3.03. The molecule has 150 valence electrons. The average Bonchev–Trinajstić information content (AvgIpc) is 2.68. The summed E-state index contributed by atoms with van der Waals surface area (Å²) >= 11 is 2.20. The number of hydroxylamine groups is 2. The van der Waals surface area contributed by atoms with Crippen LogP contribution in [0.15, 0.2) is 54.6 Å². The van der Waals surface area contributed by atoms with Crippen molar-refractivity contribution in [1.82, 2.24) is 5.06 Å². The van der Waals surface area contributed by atoms with Crippen LogP contribution in [0.4, 0.5) is 0 Å². The van der Waals surface area contributed by atoms with E-state index in [-0.39, 0.29) is 5.97 Å². The molecule has 0 saturated heterocycles. The molecule has 1 N–H and O–H groups in total. The molecule has 5 nitrogen and oxygen atoms in total. The zero-order valence-corrected chi connectivity index (χ0v) is 18.4. The van der Waals surface area contributed by atoms with E-state index in [4.69, 9.17) is 4.84 Å². The number of aliphatic carboxylic acids is 1. The van der Waals surface area contributed by atoms with Gasteiger partial charge in [-0.25, -0.2) is 4.79 Å². The Morgan fingerprint density at radius 1 is 1.07 bits per heavy atom. The molecule has 1 unspecified atom stereocenters. The number of halogens is 1. The molecule has 2 aromatic carbocycles. The van der Waals surface area contributed by atoms with Gasteiger partial charge in [-0.05, 0) is 72.2 Å². The van der Waals surface area contributed by atoms with Gasteiger partial charge < -0.3 is 9.94 Å². The summed E-state index contributed by atoms with van der Waals surface area (Å²) in [5.74, 6) is -1.18. The van der Waals surface area contributed by atoms with Crippen LogP contribution >= 0.6 is 22.6 Å². The van der Waals surface area contributed by atoms with Crippen LogP contribution in [0.25, 0.3) is 0 Å². The lowest BCUT2D eigenvalue weighted by Crippen LogP contribution is -2.32. The number of carboxylic acids is 1. The molecule has 0 aliphatic heterocycles. The SMILES string of the molecule is CN(CCCCCC(C)(C(=O)O)c1cccc(I)c1)OC(=O)c1ccccc1. The minimum Gasteiger partial charge on any atom is -0.481 e. The highest BCUT2D eigenvalue weighted by Gasteiger charge is 2.34. The van der Waals surface area contributed by atoms with Gasteiger partial charge in [0, 0.05) is 17.2 Å². The summed E-state index contributed by atoms with van der Waals surface area (Å²) < 4.78 is 1.03. The minimum absolute atomic E-state index is 0.375. The van der Waals surface area contributed by atoms with Gasteiger partial charge in [-0.2, -0.15) is 0 Å². The third-order valence-electron chi connectivity index (χ3n) is 4.83. The standard InChI is InChI=1S/C22H26INO4/c1-22(21(26)27,18-12-9-13-19(23)16-18)14-7-4-8-15-24(2)28-20(25)17-10-5-3-6-11-17/h3,5-6,9-13,16H,4,7-8,14-15H2,1-2H3,(H,26,27). The van der Waals surface area contributed by atoms with Gasteiger partial charge in [0.05, 0.1) is 11.0 Å². The van der Waals surface area contributed by atoms with Gasteiger partial charge in [-0.3, -0.25) is 4.79 Å². The number of unbranched alkanes of at least 4 members (excludes halogenated alkanes) is 2. The lowest BCUT2D eigenvalue weighted by atomic mass is 9.78. The van der Waals surface area contributed by atoms with Crippen molar-refractivity contribution in [3.05, 3.63) is 69.3 Å². The number of nitrogens with zero attached hydrogens (tertiary/aromatic N) is 1. The van der Waals surface area contributed by atoms with Gasteiger partial charge in [-0.15, -0.1) is 5.06 Å². The van der Waals surface area contributed by atoms with Gasteiger partial charge in [0.1, 0.15) is 0 Å². The van der Waals surface area contributed by atoms with Crippen LogP contribution in [-0.4, -0.2) is 35.7 Å². The molecule has 0 saturated carbocycles. The van der Waals surface area contributed by atoms with Gasteiger partial charge in [-0.1, -0.05) is 43.2 Å². The summed E-state index contributed by atoms with van der Waals surface area (Å²) in [4.78, 5) is 29.2. The Balaban J connectivity index is 1.77. The molecule has 0 amide bonds. The maximum absolute atomic E-state index is 12.0.